The average Bonchev–Trinajstić information content (AvgIpc) is 2.74. The van der Waals surface area contributed by atoms with Gasteiger partial charge in [0.1, 0.15) is 0 Å². The van der Waals surface area contributed by atoms with E-state index in [9.17, 15) is 13.2 Å². The summed E-state index contributed by atoms with van der Waals surface area (Å²) < 4.78 is 130. The van der Waals surface area contributed by atoms with Crippen molar-refractivity contribution in [2.24, 2.45) is 0 Å². The Labute approximate surface area is 139 Å². The molecule has 1 nitrogen and oxygen atoms in total. The lowest BCUT2D eigenvalue weighted by Gasteiger charge is -2.19. The predicted octanol–water partition coefficient (Wildman–Crippen LogP) is 5.18. The Bertz CT molecular complexity index is 1480. The van der Waals surface area contributed by atoms with Crippen molar-refractivity contribution in [1.29, 1.82) is 1.43 Å². The molecule has 4 rings (SSSR count). The van der Waals surface area contributed by atoms with Crippen LogP contribution < -0.4 is 0 Å². The van der Waals surface area contributed by atoms with Gasteiger partial charge in [0.15, 0.2) is 6.08 Å². The second kappa shape index (κ2) is 4.34. The molecule has 0 radical (unpaired) electrons. The Hall–Kier alpha value is -2.33. The van der Waals surface area contributed by atoms with Gasteiger partial charge in [-0.05, 0) is 37.9 Å². The molecule has 1 N–H and O–H groups in total. The molecule has 0 amide bonds. The number of rotatable bonds is 2. The highest BCUT2D eigenvalue weighted by molar-refractivity contribution is 6.23. The summed E-state index contributed by atoms with van der Waals surface area (Å²) in [4.78, 5) is 0. The van der Waals surface area contributed by atoms with Crippen LogP contribution in [0.2, 0.25) is 0 Å². The normalized spacial score (nSPS) is 22.6. The van der Waals surface area contributed by atoms with Crippen molar-refractivity contribution >= 4 is 32.3 Å². The van der Waals surface area contributed by atoms with Crippen LogP contribution in [0.1, 0.15) is 25.4 Å². The second-order valence-corrected chi connectivity index (χ2v) is 4.58. The van der Waals surface area contributed by atoms with Crippen molar-refractivity contribution in [1.82, 2.24) is 0 Å². The molecular weight excluding hydrogens is 289 g/mol. The van der Waals surface area contributed by atoms with Crippen LogP contribution in [-0.2, 0) is 0 Å². The van der Waals surface area contributed by atoms with Crippen LogP contribution in [-0.4, -0.2) is 12.7 Å². The molecule has 0 bridgehead atoms. The number of hydrogen-bond donors (Lipinski definition) is 1. The van der Waals surface area contributed by atoms with Gasteiger partial charge in [0.25, 0.3) is 0 Å². The summed E-state index contributed by atoms with van der Waals surface area (Å²) in [5, 5.41) is 0.512. The Morgan fingerprint density at radius 1 is 0.909 bits per heavy atom. The van der Waals surface area contributed by atoms with E-state index >= 15 is 0 Å². The molecule has 1 atom stereocenters. The number of halogens is 3. The zero-order valence-corrected chi connectivity index (χ0v) is 10.5. The van der Waals surface area contributed by atoms with Gasteiger partial charge in [0, 0.05) is 0 Å². The summed E-state index contributed by atoms with van der Waals surface area (Å²) in [6.45, 7) is 0. The van der Waals surface area contributed by atoms with E-state index in [0.29, 0.717) is 0 Å². The average molecular weight is 311 g/mol. The summed E-state index contributed by atoms with van der Waals surface area (Å²) >= 11 is 0. The van der Waals surface area contributed by atoms with Crippen LogP contribution in [0, 0.1) is 0 Å². The monoisotopic (exact) mass is 311 g/mol. The van der Waals surface area contributed by atoms with Crippen molar-refractivity contribution in [2.45, 2.75) is 12.3 Å². The van der Waals surface area contributed by atoms with Gasteiger partial charge in [0.05, 0.1) is 13.7 Å². The highest BCUT2D eigenvalue weighted by atomic mass is 19.4. The van der Waals surface area contributed by atoms with E-state index < -0.39 is 99.1 Å². The Morgan fingerprint density at radius 2 is 1.50 bits per heavy atom. The Balaban J connectivity index is 2.54. The maximum Gasteiger partial charge on any atom is 0.418 e. The first-order valence-corrected chi connectivity index (χ1v) is 6.02. The summed E-state index contributed by atoms with van der Waals surface area (Å²) in [6, 6.07) is -7.77. The molecule has 0 spiro atoms. The first kappa shape index (κ1) is 6.05. The van der Waals surface area contributed by atoms with Gasteiger partial charge in [0.2, 0.25) is 1.43 Å². The summed E-state index contributed by atoms with van der Waals surface area (Å²) in [5.74, 6) is 0. The van der Waals surface area contributed by atoms with E-state index in [2.05, 4.69) is 5.11 Å². The van der Waals surface area contributed by atoms with Gasteiger partial charge >= 0.3 is 6.18 Å². The van der Waals surface area contributed by atoms with E-state index in [-0.39, 0.29) is 5.39 Å². The third kappa shape index (κ3) is 1.77. The van der Waals surface area contributed by atoms with Gasteiger partial charge in [-0.15, -0.1) is 0 Å². The third-order valence-electron chi connectivity index (χ3n) is 3.30. The molecule has 0 heterocycles. The molecule has 0 aliphatic heterocycles. The van der Waals surface area contributed by atoms with Gasteiger partial charge in [-0.25, -0.2) is 0 Å². The molecular formula is C18H11F3O. The summed E-state index contributed by atoms with van der Waals surface area (Å²) in [7, 11) is 0. The van der Waals surface area contributed by atoms with Gasteiger partial charge in [-0.1, -0.05) is 54.4 Å². The molecule has 0 unspecified atom stereocenters. The standard InChI is InChI=1S/C18H11F3O/c19-18(20,21)17(22)14-9-7-12-5-4-10-2-1-3-11-6-8-13(14)16(12)15(10)11/h1-9,17,22H/t17-/m1/s1/i1D,2D,3D,4D,5D,6D,7D,8D,9D,17D,22D. The van der Waals surface area contributed by atoms with E-state index in [4.69, 9.17) is 15.1 Å². The van der Waals surface area contributed by atoms with Gasteiger partial charge in [-0.3, -0.25) is 0 Å². The minimum Gasteiger partial charge on any atom is -0.379 e. The molecule has 22 heavy (non-hydrogen) atoms. The number of alkyl halides is 3. The number of hydrogen-bond acceptors (Lipinski definition) is 1. The van der Waals surface area contributed by atoms with Crippen molar-refractivity contribution in [3.05, 3.63) is 59.9 Å². The van der Waals surface area contributed by atoms with Gasteiger partial charge in [-0.2, -0.15) is 13.2 Å². The molecule has 4 heteroatoms. The largest absolute Gasteiger partial charge is 0.418 e. The lowest BCUT2D eigenvalue weighted by molar-refractivity contribution is -0.206. The molecule has 4 aromatic rings. The first-order valence-electron chi connectivity index (χ1n) is 11.4. The van der Waals surface area contributed by atoms with Crippen molar-refractivity contribution in [3.8, 4) is 0 Å². The summed E-state index contributed by atoms with van der Waals surface area (Å²) in [5.41, 5.74) is -1.42. The first-order chi connectivity index (χ1) is 15.1. The highest BCUT2D eigenvalue weighted by Crippen LogP contribution is 2.41. The van der Waals surface area contributed by atoms with Crippen LogP contribution in [0.3, 0.4) is 0 Å². The molecule has 0 aliphatic rings. The molecule has 0 saturated carbocycles. The van der Waals surface area contributed by atoms with E-state index in [0.717, 1.165) is 0 Å². The van der Waals surface area contributed by atoms with Gasteiger partial charge < -0.3 is 5.11 Å². The van der Waals surface area contributed by atoms with Crippen LogP contribution in [0.5, 0.6) is 0 Å². The highest BCUT2D eigenvalue weighted by Gasteiger charge is 2.40. The minimum atomic E-state index is -5.62. The Kier molecular flexibility index (Phi) is 1.19. The fourth-order valence-electron chi connectivity index (χ4n) is 2.37. The minimum absolute atomic E-state index is 0.364. The zero-order valence-electron chi connectivity index (χ0n) is 21.5. The molecule has 4 aromatic carbocycles. The topological polar surface area (TPSA) is 20.2 Å². The molecule has 0 aromatic heterocycles. The van der Waals surface area contributed by atoms with Crippen molar-refractivity contribution < 1.29 is 32.0 Å². The quantitative estimate of drug-likeness (QED) is 0.506. The lowest BCUT2D eigenvalue weighted by atomic mass is 9.90. The number of benzene rings is 4. The zero-order chi connectivity index (χ0) is 24.9. The molecule has 0 aliphatic carbocycles. The third-order valence-corrected chi connectivity index (χ3v) is 3.30. The SMILES string of the molecule is [2H]O[C@]([2H])(c1c([2H])c([2H])c2c([2H])c([2H])c3c([2H])c([2H])c([2H])c4c([2H])c([2H])c1c2c34)C(F)(F)F. The maximum atomic E-state index is 13.8. The predicted molar refractivity (Wildman–Crippen MR) is 81.2 cm³/mol. The fourth-order valence-corrected chi connectivity index (χ4v) is 2.37. The van der Waals surface area contributed by atoms with Crippen LogP contribution in [0.25, 0.3) is 32.3 Å². The molecule has 0 fully saturated rings. The maximum absolute atomic E-state index is 13.8. The van der Waals surface area contributed by atoms with E-state index in [1.54, 1.807) is 0 Å². The second-order valence-electron chi connectivity index (χ2n) is 4.58. The van der Waals surface area contributed by atoms with Crippen LogP contribution >= 0.6 is 0 Å². The van der Waals surface area contributed by atoms with Crippen molar-refractivity contribution in [3.63, 3.8) is 0 Å². The molecule has 110 valence electrons. The number of aliphatic hydroxyl groups is 1. The van der Waals surface area contributed by atoms with E-state index in [1.807, 2.05) is 0 Å². The lowest BCUT2D eigenvalue weighted by Crippen LogP contribution is -2.20. The molecule has 0 saturated heterocycles. The van der Waals surface area contributed by atoms with Crippen LogP contribution in [0.4, 0.5) is 13.2 Å². The van der Waals surface area contributed by atoms with E-state index in [1.165, 1.54) is 0 Å². The fraction of sp³-hybridized carbons (Fsp3) is 0.111. The Morgan fingerprint density at radius 3 is 2.14 bits per heavy atom. The summed E-state index contributed by atoms with van der Waals surface area (Å²) in [6.07, 6.45) is -9.86. The smallest absolute Gasteiger partial charge is 0.379 e. The van der Waals surface area contributed by atoms with Crippen molar-refractivity contribution in [2.75, 3.05) is 0 Å². The van der Waals surface area contributed by atoms with Crippen LogP contribution in [0.15, 0.2) is 54.4 Å².